The summed E-state index contributed by atoms with van der Waals surface area (Å²) in [5, 5.41) is 4.72. The van der Waals surface area contributed by atoms with Gasteiger partial charge in [-0.1, -0.05) is 41.4 Å². The third kappa shape index (κ3) is 2.39. The standard InChI is InChI=1S/C16H15Cl2NO/c1-20-11-5-6-12-10(9-11)7-8-19-16(12)13-3-2-4-14(17)15(13)18/h2-6,9,16,19H,7-8H2,1H3. The zero-order valence-electron chi connectivity index (χ0n) is 11.1. The van der Waals surface area contributed by atoms with Gasteiger partial charge in [-0.15, -0.1) is 0 Å². The van der Waals surface area contributed by atoms with Gasteiger partial charge in [0.1, 0.15) is 5.75 Å². The van der Waals surface area contributed by atoms with E-state index in [4.69, 9.17) is 27.9 Å². The van der Waals surface area contributed by atoms with Crippen LogP contribution >= 0.6 is 23.2 Å². The van der Waals surface area contributed by atoms with E-state index in [9.17, 15) is 0 Å². The van der Waals surface area contributed by atoms with Crippen molar-refractivity contribution in [2.24, 2.45) is 0 Å². The second-order valence-corrected chi connectivity index (χ2v) is 5.63. The maximum atomic E-state index is 6.35. The van der Waals surface area contributed by atoms with Gasteiger partial charge in [0, 0.05) is 6.54 Å². The van der Waals surface area contributed by atoms with Crippen molar-refractivity contribution in [3.63, 3.8) is 0 Å². The van der Waals surface area contributed by atoms with Crippen molar-refractivity contribution >= 4 is 23.2 Å². The molecule has 1 aliphatic rings. The lowest BCUT2D eigenvalue weighted by molar-refractivity contribution is 0.413. The third-order valence-electron chi connectivity index (χ3n) is 3.70. The molecule has 2 aromatic rings. The van der Waals surface area contributed by atoms with Crippen LogP contribution in [0.3, 0.4) is 0 Å². The Hall–Kier alpha value is -1.22. The molecule has 0 aliphatic carbocycles. The fourth-order valence-electron chi connectivity index (χ4n) is 2.69. The normalized spacial score (nSPS) is 17.6. The molecule has 0 radical (unpaired) electrons. The quantitative estimate of drug-likeness (QED) is 0.896. The predicted molar refractivity (Wildman–Crippen MR) is 83.0 cm³/mol. The number of methoxy groups -OCH3 is 1. The Balaban J connectivity index is 2.08. The van der Waals surface area contributed by atoms with Crippen molar-refractivity contribution in [2.45, 2.75) is 12.5 Å². The molecule has 0 aromatic heterocycles. The van der Waals surface area contributed by atoms with Gasteiger partial charge in [-0.2, -0.15) is 0 Å². The summed E-state index contributed by atoms with van der Waals surface area (Å²) < 4.78 is 5.30. The number of hydrogen-bond donors (Lipinski definition) is 1. The number of fused-ring (bicyclic) bond motifs is 1. The first-order chi connectivity index (χ1) is 9.70. The van der Waals surface area contributed by atoms with Gasteiger partial charge >= 0.3 is 0 Å². The highest BCUT2D eigenvalue weighted by atomic mass is 35.5. The van der Waals surface area contributed by atoms with Crippen molar-refractivity contribution in [1.29, 1.82) is 0 Å². The predicted octanol–water partition coefficient (Wildman–Crippen LogP) is 4.24. The summed E-state index contributed by atoms with van der Waals surface area (Å²) >= 11 is 12.5. The zero-order chi connectivity index (χ0) is 14.1. The Bertz CT molecular complexity index is 642. The van der Waals surface area contributed by atoms with Gasteiger partial charge in [-0.25, -0.2) is 0 Å². The summed E-state index contributed by atoms with van der Waals surface area (Å²) in [5.74, 6) is 0.890. The molecular formula is C16H15Cl2NO. The van der Waals surface area contributed by atoms with Gasteiger partial charge in [0.25, 0.3) is 0 Å². The van der Waals surface area contributed by atoms with E-state index in [0.29, 0.717) is 10.0 Å². The molecular weight excluding hydrogens is 293 g/mol. The molecule has 0 saturated heterocycles. The second-order valence-electron chi connectivity index (χ2n) is 4.84. The van der Waals surface area contributed by atoms with E-state index in [0.717, 1.165) is 24.3 Å². The van der Waals surface area contributed by atoms with E-state index in [-0.39, 0.29) is 6.04 Å². The molecule has 0 saturated carbocycles. The molecule has 1 unspecified atom stereocenters. The van der Waals surface area contributed by atoms with Crippen LogP contribution in [0, 0.1) is 0 Å². The van der Waals surface area contributed by atoms with Crippen LogP contribution in [-0.4, -0.2) is 13.7 Å². The third-order valence-corrected chi connectivity index (χ3v) is 4.53. The Morgan fingerprint density at radius 3 is 2.80 bits per heavy atom. The molecule has 1 atom stereocenters. The van der Waals surface area contributed by atoms with Crippen LogP contribution in [0.1, 0.15) is 22.7 Å². The van der Waals surface area contributed by atoms with Crippen LogP contribution in [0.15, 0.2) is 36.4 Å². The summed E-state index contributed by atoms with van der Waals surface area (Å²) in [6.45, 7) is 0.910. The lowest BCUT2D eigenvalue weighted by Gasteiger charge is -2.28. The van der Waals surface area contributed by atoms with Gasteiger partial charge < -0.3 is 10.1 Å². The second kappa shape index (κ2) is 5.65. The number of benzene rings is 2. The van der Waals surface area contributed by atoms with E-state index in [1.54, 1.807) is 7.11 Å². The number of ether oxygens (including phenoxy) is 1. The van der Waals surface area contributed by atoms with Crippen molar-refractivity contribution in [3.05, 3.63) is 63.1 Å². The number of rotatable bonds is 2. The van der Waals surface area contributed by atoms with Crippen LogP contribution in [0.4, 0.5) is 0 Å². The lowest BCUT2D eigenvalue weighted by Crippen LogP contribution is -2.30. The smallest absolute Gasteiger partial charge is 0.119 e. The summed E-state index contributed by atoms with van der Waals surface area (Å²) in [7, 11) is 1.69. The molecule has 3 rings (SSSR count). The summed E-state index contributed by atoms with van der Waals surface area (Å²) in [6.07, 6.45) is 0.987. The molecule has 1 aliphatic heterocycles. The Morgan fingerprint density at radius 2 is 2.00 bits per heavy atom. The first kappa shape index (κ1) is 13.7. The molecule has 0 amide bonds. The van der Waals surface area contributed by atoms with Gasteiger partial charge in [0.15, 0.2) is 0 Å². The average Bonchev–Trinajstić information content (AvgIpc) is 2.49. The molecule has 104 valence electrons. The van der Waals surface area contributed by atoms with E-state index < -0.39 is 0 Å². The van der Waals surface area contributed by atoms with Gasteiger partial charge in [0.2, 0.25) is 0 Å². The summed E-state index contributed by atoms with van der Waals surface area (Å²) in [6, 6.07) is 12.0. The van der Waals surface area contributed by atoms with E-state index in [2.05, 4.69) is 17.4 Å². The average molecular weight is 308 g/mol. The first-order valence-corrected chi connectivity index (χ1v) is 7.30. The number of halogens is 2. The van der Waals surface area contributed by atoms with Gasteiger partial charge in [-0.3, -0.25) is 0 Å². The molecule has 2 aromatic carbocycles. The van der Waals surface area contributed by atoms with Crippen LogP contribution in [0.2, 0.25) is 10.0 Å². The fourth-order valence-corrected chi connectivity index (χ4v) is 3.11. The highest BCUT2D eigenvalue weighted by molar-refractivity contribution is 6.42. The minimum absolute atomic E-state index is 0.0795. The Kier molecular flexibility index (Phi) is 3.88. The maximum Gasteiger partial charge on any atom is 0.119 e. The highest BCUT2D eigenvalue weighted by Crippen LogP contribution is 2.36. The molecule has 4 heteroatoms. The highest BCUT2D eigenvalue weighted by Gasteiger charge is 2.24. The maximum absolute atomic E-state index is 6.35. The van der Waals surface area contributed by atoms with Crippen molar-refractivity contribution in [2.75, 3.05) is 13.7 Å². The minimum atomic E-state index is 0.0795. The van der Waals surface area contributed by atoms with Crippen molar-refractivity contribution < 1.29 is 4.74 Å². The fraction of sp³-hybridized carbons (Fsp3) is 0.250. The Labute approximate surface area is 128 Å². The molecule has 2 nitrogen and oxygen atoms in total. The number of nitrogens with one attached hydrogen (secondary N) is 1. The van der Waals surface area contributed by atoms with Crippen LogP contribution in [0.25, 0.3) is 0 Å². The molecule has 20 heavy (non-hydrogen) atoms. The van der Waals surface area contributed by atoms with Gasteiger partial charge in [-0.05, 0) is 41.3 Å². The first-order valence-electron chi connectivity index (χ1n) is 6.55. The zero-order valence-corrected chi connectivity index (χ0v) is 12.6. The molecule has 1 N–H and O–H groups in total. The number of hydrogen-bond acceptors (Lipinski definition) is 2. The van der Waals surface area contributed by atoms with Gasteiger partial charge in [0.05, 0.1) is 23.2 Å². The van der Waals surface area contributed by atoms with Crippen LogP contribution in [0.5, 0.6) is 5.75 Å². The molecule has 1 heterocycles. The largest absolute Gasteiger partial charge is 0.497 e. The molecule has 0 bridgehead atoms. The Morgan fingerprint density at radius 1 is 1.15 bits per heavy atom. The summed E-state index contributed by atoms with van der Waals surface area (Å²) in [4.78, 5) is 0. The van der Waals surface area contributed by atoms with E-state index in [1.807, 2.05) is 24.3 Å². The molecule has 0 spiro atoms. The minimum Gasteiger partial charge on any atom is -0.497 e. The van der Waals surface area contributed by atoms with E-state index in [1.165, 1.54) is 11.1 Å². The van der Waals surface area contributed by atoms with Crippen molar-refractivity contribution in [1.82, 2.24) is 5.32 Å². The van der Waals surface area contributed by atoms with Crippen LogP contribution in [-0.2, 0) is 6.42 Å². The monoisotopic (exact) mass is 307 g/mol. The SMILES string of the molecule is COc1ccc2c(c1)CCNC2c1cccc(Cl)c1Cl. The van der Waals surface area contributed by atoms with Crippen molar-refractivity contribution in [3.8, 4) is 5.75 Å². The summed E-state index contributed by atoms with van der Waals surface area (Å²) in [5.41, 5.74) is 3.55. The molecule has 0 fully saturated rings. The van der Waals surface area contributed by atoms with E-state index >= 15 is 0 Å². The lowest BCUT2D eigenvalue weighted by atomic mass is 9.89. The topological polar surface area (TPSA) is 21.3 Å². The van der Waals surface area contributed by atoms with Crippen LogP contribution < -0.4 is 10.1 Å².